The van der Waals surface area contributed by atoms with Crippen LogP contribution in [-0.4, -0.2) is 12.9 Å². The topological polar surface area (TPSA) is 26.3 Å². The first-order chi connectivity index (χ1) is 9.51. The molecule has 4 heteroatoms. The maximum Gasteiger partial charge on any atom is 0.167 e. The molecule has 0 fully saturated rings. The van der Waals surface area contributed by atoms with Crippen LogP contribution in [0.15, 0.2) is 40.9 Å². The van der Waals surface area contributed by atoms with E-state index < -0.39 is 0 Å². The molecular formula is C16H14BrClO2. The Morgan fingerprint density at radius 1 is 1.25 bits per heavy atom. The average molecular weight is 354 g/mol. The summed E-state index contributed by atoms with van der Waals surface area (Å²) in [7, 11) is 1.59. The van der Waals surface area contributed by atoms with Crippen LogP contribution in [0.4, 0.5) is 0 Å². The third kappa shape index (κ3) is 3.41. The van der Waals surface area contributed by atoms with Gasteiger partial charge in [-0.2, -0.15) is 0 Å². The molecule has 2 rings (SSSR count). The van der Waals surface area contributed by atoms with Crippen molar-refractivity contribution in [2.24, 2.45) is 0 Å². The summed E-state index contributed by atoms with van der Waals surface area (Å²) in [6.07, 6.45) is 0.270. The maximum atomic E-state index is 12.4. The molecule has 0 N–H and O–H groups in total. The predicted octanol–water partition coefficient (Wildman–Crippen LogP) is 4.84. The quantitative estimate of drug-likeness (QED) is 0.735. The molecular weight excluding hydrogens is 340 g/mol. The number of Topliss-reactive ketones (excluding diaryl/α,β-unsaturated/α-hetero) is 1. The molecule has 0 unspecified atom stereocenters. The van der Waals surface area contributed by atoms with E-state index in [9.17, 15) is 4.79 Å². The zero-order valence-corrected chi connectivity index (χ0v) is 13.6. The first-order valence-corrected chi connectivity index (χ1v) is 7.30. The summed E-state index contributed by atoms with van der Waals surface area (Å²) in [6, 6.07) is 10.9. The number of ketones is 1. The molecule has 0 atom stereocenters. The van der Waals surface area contributed by atoms with Gasteiger partial charge in [-0.25, -0.2) is 0 Å². The molecule has 0 amide bonds. The van der Waals surface area contributed by atoms with Gasteiger partial charge < -0.3 is 4.74 Å². The van der Waals surface area contributed by atoms with Crippen LogP contribution in [0.5, 0.6) is 5.75 Å². The molecule has 0 bridgehead atoms. The zero-order chi connectivity index (χ0) is 14.7. The molecule has 0 saturated carbocycles. The Morgan fingerprint density at radius 2 is 2.00 bits per heavy atom. The summed E-state index contributed by atoms with van der Waals surface area (Å²) in [6.45, 7) is 1.92. The molecule has 2 aromatic rings. The number of halogens is 2. The molecule has 0 aliphatic carbocycles. The van der Waals surface area contributed by atoms with Crippen LogP contribution in [0.3, 0.4) is 0 Å². The Labute approximate surface area is 131 Å². The minimum absolute atomic E-state index is 0.0515. The first kappa shape index (κ1) is 15.1. The predicted molar refractivity (Wildman–Crippen MR) is 84.9 cm³/mol. The summed E-state index contributed by atoms with van der Waals surface area (Å²) in [5.41, 5.74) is 2.47. The van der Waals surface area contributed by atoms with Gasteiger partial charge in [0, 0.05) is 27.0 Å². The van der Waals surface area contributed by atoms with Gasteiger partial charge in [-0.1, -0.05) is 33.6 Å². The normalized spacial score (nSPS) is 10.4. The van der Waals surface area contributed by atoms with Crippen molar-refractivity contribution in [1.29, 1.82) is 0 Å². The van der Waals surface area contributed by atoms with Gasteiger partial charge in [0.15, 0.2) is 5.78 Å². The van der Waals surface area contributed by atoms with Crippen LogP contribution in [0.1, 0.15) is 21.5 Å². The second-order valence-electron chi connectivity index (χ2n) is 4.52. The van der Waals surface area contributed by atoms with Crippen molar-refractivity contribution in [3.05, 3.63) is 62.6 Å². The Kier molecular flexibility index (Phi) is 4.84. The highest BCUT2D eigenvalue weighted by atomic mass is 79.9. The molecule has 104 valence electrons. The van der Waals surface area contributed by atoms with Crippen LogP contribution in [0.25, 0.3) is 0 Å². The molecule has 0 spiro atoms. The van der Waals surface area contributed by atoms with Gasteiger partial charge in [0.2, 0.25) is 0 Å². The number of methoxy groups -OCH3 is 1. The second-order valence-corrected chi connectivity index (χ2v) is 5.87. The van der Waals surface area contributed by atoms with Gasteiger partial charge in [0.05, 0.1) is 7.11 Å². The van der Waals surface area contributed by atoms with Crippen molar-refractivity contribution in [3.63, 3.8) is 0 Å². The summed E-state index contributed by atoms with van der Waals surface area (Å²) in [4.78, 5) is 12.4. The van der Waals surface area contributed by atoms with Crippen LogP contribution >= 0.6 is 27.5 Å². The molecule has 2 aromatic carbocycles. The lowest BCUT2D eigenvalue weighted by atomic mass is 9.99. The number of hydrogen-bond donors (Lipinski definition) is 0. The maximum absolute atomic E-state index is 12.4. The summed E-state index contributed by atoms with van der Waals surface area (Å²) < 4.78 is 6.23. The van der Waals surface area contributed by atoms with E-state index in [0.29, 0.717) is 10.8 Å². The average Bonchev–Trinajstić information content (AvgIpc) is 2.38. The lowest BCUT2D eigenvalue weighted by molar-refractivity contribution is 0.0991. The fourth-order valence-corrected chi connectivity index (χ4v) is 2.76. The number of aryl methyl sites for hydroxylation is 1. The lowest BCUT2D eigenvalue weighted by Gasteiger charge is -2.10. The number of rotatable bonds is 4. The third-order valence-corrected chi connectivity index (χ3v) is 3.81. The highest BCUT2D eigenvalue weighted by molar-refractivity contribution is 9.10. The molecule has 2 nitrogen and oxygen atoms in total. The monoisotopic (exact) mass is 352 g/mol. The minimum Gasteiger partial charge on any atom is -0.496 e. The number of carbonyl (C=O) groups excluding carboxylic acids is 1. The number of benzene rings is 2. The Balaban J connectivity index is 2.30. The summed E-state index contributed by atoms with van der Waals surface area (Å²) >= 11 is 9.38. The van der Waals surface area contributed by atoms with Gasteiger partial charge >= 0.3 is 0 Å². The number of ether oxygens (including phenoxy) is 1. The van der Waals surface area contributed by atoms with Crippen molar-refractivity contribution < 1.29 is 9.53 Å². The van der Waals surface area contributed by atoms with Crippen molar-refractivity contribution >= 4 is 33.3 Å². The van der Waals surface area contributed by atoms with E-state index in [0.717, 1.165) is 21.2 Å². The van der Waals surface area contributed by atoms with Crippen LogP contribution in [0.2, 0.25) is 5.02 Å². The zero-order valence-electron chi connectivity index (χ0n) is 11.2. The SMILES string of the molecule is COc1ccc(Cl)cc1CC(=O)c1ccc(Br)cc1C. The second kappa shape index (κ2) is 6.42. The first-order valence-electron chi connectivity index (χ1n) is 6.13. The fourth-order valence-electron chi connectivity index (χ4n) is 2.09. The van der Waals surface area contributed by atoms with E-state index in [4.69, 9.17) is 16.3 Å². The fraction of sp³-hybridized carbons (Fsp3) is 0.188. The summed E-state index contributed by atoms with van der Waals surface area (Å²) in [5, 5.41) is 0.598. The highest BCUT2D eigenvalue weighted by Crippen LogP contribution is 2.25. The van der Waals surface area contributed by atoms with Crippen molar-refractivity contribution in [2.45, 2.75) is 13.3 Å². The number of hydrogen-bond acceptors (Lipinski definition) is 2. The van der Waals surface area contributed by atoms with E-state index in [1.54, 1.807) is 25.3 Å². The molecule has 0 aliphatic rings. The Bertz CT molecular complexity index is 653. The van der Waals surface area contributed by atoms with E-state index in [1.165, 1.54) is 0 Å². The van der Waals surface area contributed by atoms with E-state index >= 15 is 0 Å². The highest BCUT2D eigenvalue weighted by Gasteiger charge is 2.13. The molecule has 0 saturated heterocycles. The van der Waals surface area contributed by atoms with Crippen molar-refractivity contribution in [3.8, 4) is 5.75 Å². The largest absolute Gasteiger partial charge is 0.496 e. The van der Waals surface area contributed by atoms with E-state index in [2.05, 4.69) is 15.9 Å². The lowest BCUT2D eigenvalue weighted by Crippen LogP contribution is -2.07. The number of carbonyl (C=O) groups is 1. The van der Waals surface area contributed by atoms with Gasteiger partial charge in [-0.15, -0.1) is 0 Å². The van der Waals surface area contributed by atoms with Gasteiger partial charge in [0.25, 0.3) is 0 Å². The van der Waals surface area contributed by atoms with Crippen LogP contribution in [0, 0.1) is 6.92 Å². The van der Waals surface area contributed by atoms with Crippen LogP contribution < -0.4 is 4.74 Å². The molecule has 0 aliphatic heterocycles. The Morgan fingerprint density at radius 3 is 2.65 bits per heavy atom. The van der Waals surface area contributed by atoms with Gasteiger partial charge in [-0.05, 0) is 42.8 Å². The Hall–Kier alpha value is -1.32. The van der Waals surface area contributed by atoms with E-state index in [-0.39, 0.29) is 12.2 Å². The van der Waals surface area contributed by atoms with Gasteiger partial charge in [-0.3, -0.25) is 4.79 Å². The summed E-state index contributed by atoms with van der Waals surface area (Å²) in [5.74, 6) is 0.730. The molecule has 0 radical (unpaired) electrons. The molecule has 0 heterocycles. The minimum atomic E-state index is 0.0515. The van der Waals surface area contributed by atoms with E-state index in [1.807, 2.05) is 25.1 Å². The smallest absolute Gasteiger partial charge is 0.167 e. The standard InChI is InChI=1S/C16H14BrClO2/c1-10-7-12(17)3-5-14(10)15(19)9-11-8-13(18)4-6-16(11)20-2/h3-8H,9H2,1-2H3. The molecule has 0 aromatic heterocycles. The van der Waals surface area contributed by atoms with Crippen molar-refractivity contribution in [1.82, 2.24) is 0 Å². The molecule has 20 heavy (non-hydrogen) atoms. The third-order valence-electron chi connectivity index (χ3n) is 3.08. The van der Waals surface area contributed by atoms with Gasteiger partial charge in [0.1, 0.15) is 5.75 Å². The van der Waals surface area contributed by atoms with Crippen molar-refractivity contribution in [2.75, 3.05) is 7.11 Å². The van der Waals surface area contributed by atoms with Crippen LogP contribution in [-0.2, 0) is 6.42 Å².